The van der Waals surface area contributed by atoms with Gasteiger partial charge in [0.15, 0.2) is 6.29 Å². The zero-order valence-corrected chi connectivity index (χ0v) is 10.7. The molecule has 0 bridgehead atoms. The van der Waals surface area contributed by atoms with E-state index in [1.165, 1.54) is 6.08 Å². The number of carbonyl (C=O) groups excluding carboxylic acids is 2. The molecule has 0 spiro atoms. The SMILES string of the molecule is O=CC(=Cc1ccccn1)NC(=O)Cc1ccccn1. The van der Waals surface area contributed by atoms with Crippen LogP contribution in [0.15, 0.2) is 54.5 Å². The Balaban J connectivity index is 2.02. The summed E-state index contributed by atoms with van der Waals surface area (Å²) in [6.45, 7) is 0. The normalized spacial score (nSPS) is 10.9. The van der Waals surface area contributed by atoms with Crippen molar-refractivity contribution < 1.29 is 9.59 Å². The number of rotatable bonds is 5. The van der Waals surface area contributed by atoms with Crippen molar-refractivity contribution >= 4 is 18.3 Å². The van der Waals surface area contributed by atoms with Gasteiger partial charge < -0.3 is 5.32 Å². The Bertz CT molecular complexity index is 610. The molecule has 0 aliphatic rings. The number of hydrogen-bond acceptors (Lipinski definition) is 4. The predicted octanol–water partition coefficient (Wildman–Crippen LogP) is 1.38. The summed E-state index contributed by atoms with van der Waals surface area (Å²) in [4.78, 5) is 30.9. The lowest BCUT2D eigenvalue weighted by atomic mass is 10.2. The van der Waals surface area contributed by atoms with E-state index in [0.717, 1.165) is 0 Å². The topological polar surface area (TPSA) is 72.0 Å². The molecule has 0 unspecified atom stereocenters. The zero-order chi connectivity index (χ0) is 14.2. The summed E-state index contributed by atoms with van der Waals surface area (Å²) in [5.41, 5.74) is 1.42. The van der Waals surface area contributed by atoms with Gasteiger partial charge in [0, 0.05) is 18.1 Å². The van der Waals surface area contributed by atoms with Crippen LogP contribution in [0, 0.1) is 0 Å². The van der Waals surface area contributed by atoms with Gasteiger partial charge in [-0.05, 0) is 30.3 Å². The lowest BCUT2D eigenvalue weighted by Crippen LogP contribution is -2.25. The van der Waals surface area contributed by atoms with Gasteiger partial charge in [-0.2, -0.15) is 0 Å². The smallest absolute Gasteiger partial charge is 0.230 e. The van der Waals surface area contributed by atoms with Crippen LogP contribution < -0.4 is 5.32 Å². The van der Waals surface area contributed by atoms with Crippen molar-refractivity contribution in [2.24, 2.45) is 0 Å². The molecule has 0 fully saturated rings. The van der Waals surface area contributed by atoms with Gasteiger partial charge in [0.2, 0.25) is 5.91 Å². The van der Waals surface area contributed by atoms with Crippen molar-refractivity contribution in [1.29, 1.82) is 0 Å². The second-order valence-corrected chi connectivity index (χ2v) is 4.02. The summed E-state index contributed by atoms with van der Waals surface area (Å²) in [6, 6.07) is 10.7. The highest BCUT2D eigenvalue weighted by Crippen LogP contribution is 2.01. The minimum atomic E-state index is -0.294. The third kappa shape index (κ3) is 4.13. The fourth-order valence-electron chi connectivity index (χ4n) is 1.59. The van der Waals surface area contributed by atoms with Crippen LogP contribution in [0.1, 0.15) is 11.4 Å². The maximum absolute atomic E-state index is 11.8. The molecule has 5 heteroatoms. The first-order valence-corrected chi connectivity index (χ1v) is 6.05. The average Bonchev–Trinajstić information content (AvgIpc) is 2.48. The molecule has 5 nitrogen and oxygen atoms in total. The number of carbonyl (C=O) groups is 2. The van der Waals surface area contributed by atoms with E-state index < -0.39 is 0 Å². The highest BCUT2D eigenvalue weighted by molar-refractivity contribution is 5.90. The number of aldehydes is 1. The van der Waals surface area contributed by atoms with Gasteiger partial charge in [-0.3, -0.25) is 19.6 Å². The summed E-state index contributed by atoms with van der Waals surface area (Å²) < 4.78 is 0. The zero-order valence-electron chi connectivity index (χ0n) is 10.7. The Morgan fingerprint density at radius 1 is 1.10 bits per heavy atom. The lowest BCUT2D eigenvalue weighted by Gasteiger charge is -2.04. The van der Waals surface area contributed by atoms with E-state index in [1.54, 1.807) is 48.8 Å². The molecule has 0 saturated heterocycles. The monoisotopic (exact) mass is 267 g/mol. The van der Waals surface area contributed by atoms with Crippen molar-refractivity contribution in [3.63, 3.8) is 0 Å². The maximum Gasteiger partial charge on any atom is 0.230 e. The maximum atomic E-state index is 11.8. The minimum absolute atomic E-state index is 0.119. The first-order chi connectivity index (χ1) is 9.78. The van der Waals surface area contributed by atoms with Crippen LogP contribution in [0.3, 0.4) is 0 Å². The Kier molecular flexibility index (Phi) is 4.72. The van der Waals surface area contributed by atoms with Crippen LogP contribution in [0.2, 0.25) is 0 Å². The van der Waals surface area contributed by atoms with Gasteiger partial charge in [-0.25, -0.2) is 0 Å². The van der Waals surface area contributed by atoms with Crippen LogP contribution >= 0.6 is 0 Å². The summed E-state index contributed by atoms with van der Waals surface area (Å²) in [5, 5.41) is 2.54. The molecule has 0 aliphatic carbocycles. The second-order valence-electron chi connectivity index (χ2n) is 4.02. The highest BCUT2D eigenvalue weighted by atomic mass is 16.2. The quantitative estimate of drug-likeness (QED) is 0.656. The van der Waals surface area contributed by atoms with Crippen LogP contribution in [-0.4, -0.2) is 22.2 Å². The fraction of sp³-hybridized carbons (Fsp3) is 0.0667. The third-order valence-electron chi connectivity index (χ3n) is 2.47. The Morgan fingerprint density at radius 3 is 2.45 bits per heavy atom. The molecular formula is C15H13N3O2. The van der Waals surface area contributed by atoms with Gasteiger partial charge in [0.05, 0.1) is 17.8 Å². The van der Waals surface area contributed by atoms with Gasteiger partial charge >= 0.3 is 0 Å². The van der Waals surface area contributed by atoms with Gasteiger partial charge in [-0.1, -0.05) is 12.1 Å². The molecule has 0 aromatic carbocycles. The molecule has 2 rings (SSSR count). The molecule has 0 radical (unpaired) electrons. The number of hydrogen-bond donors (Lipinski definition) is 1. The summed E-state index contributed by atoms with van der Waals surface area (Å²) in [6.07, 6.45) is 5.46. The van der Waals surface area contributed by atoms with E-state index in [-0.39, 0.29) is 18.0 Å². The van der Waals surface area contributed by atoms with Crippen molar-refractivity contribution in [2.75, 3.05) is 0 Å². The Hall–Kier alpha value is -2.82. The van der Waals surface area contributed by atoms with Gasteiger partial charge in [0.1, 0.15) is 0 Å². The fourth-order valence-corrected chi connectivity index (χ4v) is 1.59. The molecule has 0 aliphatic heterocycles. The lowest BCUT2D eigenvalue weighted by molar-refractivity contribution is -0.120. The molecular weight excluding hydrogens is 254 g/mol. The van der Waals surface area contributed by atoms with Crippen LogP contribution in [0.4, 0.5) is 0 Å². The van der Waals surface area contributed by atoms with Crippen LogP contribution in [-0.2, 0) is 16.0 Å². The second kappa shape index (κ2) is 6.94. The molecule has 20 heavy (non-hydrogen) atoms. The van der Waals surface area contributed by atoms with Crippen molar-refractivity contribution in [3.8, 4) is 0 Å². The largest absolute Gasteiger partial charge is 0.323 e. The molecule has 1 amide bonds. The summed E-state index contributed by atoms with van der Waals surface area (Å²) in [7, 11) is 0. The molecule has 1 N–H and O–H groups in total. The Morgan fingerprint density at radius 2 is 1.85 bits per heavy atom. The predicted molar refractivity (Wildman–Crippen MR) is 74.4 cm³/mol. The first kappa shape index (κ1) is 13.6. The van der Waals surface area contributed by atoms with E-state index in [1.807, 2.05) is 0 Å². The molecule has 2 heterocycles. The average molecular weight is 267 g/mol. The number of pyridine rings is 2. The molecule has 2 aromatic heterocycles. The van der Waals surface area contributed by atoms with Crippen LogP contribution in [0.5, 0.6) is 0 Å². The van der Waals surface area contributed by atoms with E-state index in [2.05, 4.69) is 15.3 Å². The number of allylic oxidation sites excluding steroid dienone is 1. The molecule has 2 aromatic rings. The number of aromatic nitrogens is 2. The first-order valence-electron chi connectivity index (χ1n) is 6.05. The van der Waals surface area contributed by atoms with Crippen molar-refractivity contribution in [3.05, 3.63) is 65.9 Å². The van der Waals surface area contributed by atoms with Gasteiger partial charge in [-0.15, -0.1) is 0 Å². The van der Waals surface area contributed by atoms with Crippen molar-refractivity contribution in [2.45, 2.75) is 6.42 Å². The summed E-state index contributed by atoms with van der Waals surface area (Å²) in [5.74, 6) is -0.294. The van der Waals surface area contributed by atoms with E-state index in [4.69, 9.17) is 0 Å². The number of nitrogens with one attached hydrogen (secondary N) is 1. The van der Waals surface area contributed by atoms with Crippen LogP contribution in [0.25, 0.3) is 6.08 Å². The Labute approximate surface area is 116 Å². The highest BCUT2D eigenvalue weighted by Gasteiger charge is 2.06. The molecule has 0 saturated carbocycles. The molecule has 0 atom stereocenters. The standard InChI is InChI=1S/C15H13N3O2/c19-11-14(9-12-5-1-3-7-16-12)18-15(20)10-13-6-2-4-8-17-13/h1-9,11H,10H2,(H,18,20). The summed E-state index contributed by atoms with van der Waals surface area (Å²) >= 11 is 0. The number of nitrogens with zero attached hydrogens (tertiary/aromatic N) is 2. The van der Waals surface area contributed by atoms with E-state index in [9.17, 15) is 9.59 Å². The minimum Gasteiger partial charge on any atom is -0.323 e. The third-order valence-corrected chi connectivity index (χ3v) is 2.47. The van der Waals surface area contributed by atoms with E-state index in [0.29, 0.717) is 17.7 Å². The van der Waals surface area contributed by atoms with Gasteiger partial charge in [0.25, 0.3) is 0 Å². The van der Waals surface area contributed by atoms with Crippen molar-refractivity contribution in [1.82, 2.24) is 15.3 Å². The van der Waals surface area contributed by atoms with E-state index >= 15 is 0 Å². The number of amides is 1. The molecule has 100 valence electrons.